The third-order valence-electron chi connectivity index (χ3n) is 4.27. The summed E-state index contributed by atoms with van der Waals surface area (Å²) in [6.45, 7) is 7.46. The number of ether oxygens (including phenoxy) is 2. The molecule has 1 aromatic rings. The third-order valence-corrected chi connectivity index (χ3v) is 4.27. The van der Waals surface area contributed by atoms with Crippen LogP contribution in [0.2, 0.25) is 0 Å². The molecule has 3 rings (SSSR count). The Labute approximate surface area is 136 Å². The first-order valence-corrected chi connectivity index (χ1v) is 8.22. The number of rotatable bonds is 5. The average Bonchev–Trinajstić information content (AvgIpc) is 3.03. The van der Waals surface area contributed by atoms with E-state index in [0.717, 1.165) is 31.2 Å². The SMILES string of the molecule is Cc1ccc(C(CNC(=O)C2CNCCO2)N2CCOCC2)o1. The number of carbonyl (C=O) groups is 1. The topological polar surface area (TPSA) is 76.0 Å². The van der Waals surface area contributed by atoms with Crippen LogP contribution in [0, 0.1) is 6.92 Å². The summed E-state index contributed by atoms with van der Waals surface area (Å²) in [4.78, 5) is 14.6. The van der Waals surface area contributed by atoms with Crippen LogP contribution in [-0.2, 0) is 14.3 Å². The highest BCUT2D eigenvalue weighted by Crippen LogP contribution is 2.23. The first kappa shape index (κ1) is 16.4. The number of furan rings is 1. The number of nitrogens with one attached hydrogen (secondary N) is 2. The zero-order valence-corrected chi connectivity index (χ0v) is 13.5. The molecule has 3 heterocycles. The third kappa shape index (κ3) is 4.32. The fourth-order valence-electron chi connectivity index (χ4n) is 2.98. The number of morpholine rings is 2. The van der Waals surface area contributed by atoms with Gasteiger partial charge in [0.15, 0.2) is 0 Å². The summed E-state index contributed by atoms with van der Waals surface area (Å²) >= 11 is 0. The molecule has 0 bridgehead atoms. The van der Waals surface area contributed by atoms with Gasteiger partial charge in [-0.25, -0.2) is 0 Å². The van der Waals surface area contributed by atoms with Crippen LogP contribution >= 0.6 is 0 Å². The van der Waals surface area contributed by atoms with Crippen LogP contribution < -0.4 is 10.6 Å². The summed E-state index contributed by atoms with van der Waals surface area (Å²) in [6.07, 6.45) is -0.410. The lowest BCUT2D eigenvalue weighted by Gasteiger charge is -2.33. The van der Waals surface area contributed by atoms with Crippen molar-refractivity contribution in [2.75, 3.05) is 52.5 Å². The molecule has 2 atom stereocenters. The molecule has 128 valence electrons. The lowest BCUT2D eigenvalue weighted by atomic mass is 10.1. The summed E-state index contributed by atoms with van der Waals surface area (Å²) in [5.74, 6) is 1.69. The molecule has 0 radical (unpaired) electrons. The molecule has 7 heteroatoms. The Morgan fingerprint density at radius 2 is 2.22 bits per heavy atom. The van der Waals surface area contributed by atoms with E-state index in [2.05, 4.69) is 15.5 Å². The number of carbonyl (C=O) groups excluding carboxylic acids is 1. The predicted molar refractivity (Wildman–Crippen MR) is 84.2 cm³/mol. The van der Waals surface area contributed by atoms with Gasteiger partial charge in [0.2, 0.25) is 0 Å². The largest absolute Gasteiger partial charge is 0.465 e. The normalized spacial score (nSPS) is 24.3. The molecule has 2 aliphatic heterocycles. The second-order valence-electron chi connectivity index (χ2n) is 5.92. The quantitative estimate of drug-likeness (QED) is 0.798. The molecule has 1 amide bonds. The lowest BCUT2D eigenvalue weighted by molar-refractivity contribution is -0.134. The molecule has 0 spiro atoms. The molecule has 2 unspecified atom stereocenters. The van der Waals surface area contributed by atoms with E-state index in [1.165, 1.54) is 0 Å². The summed E-state index contributed by atoms with van der Waals surface area (Å²) in [7, 11) is 0. The fourth-order valence-corrected chi connectivity index (χ4v) is 2.98. The van der Waals surface area contributed by atoms with E-state index in [1.54, 1.807) is 0 Å². The molecule has 2 fully saturated rings. The van der Waals surface area contributed by atoms with Crippen LogP contribution in [0.15, 0.2) is 16.5 Å². The Kier molecular flexibility index (Phi) is 5.66. The van der Waals surface area contributed by atoms with Crippen molar-refractivity contribution in [2.24, 2.45) is 0 Å². The molecule has 2 N–H and O–H groups in total. The van der Waals surface area contributed by atoms with Gasteiger partial charge in [-0.15, -0.1) is 0 Å². The average molecular weight is 323 g/mol. The van der Waals surface area contributed by atoms with E-state index < -0.39 is 6.10 Å². The molecule has 0 aliphatic carbocycles. The maximum atomic E-state index is 12.3. The number of nitrogens with zero attached hydrogens (tertiary/aromatic N) is 1. The van der Waals surface area contributed by atoms with Crippen LogP contribution in [0.5, 0.6) is 0 Å². The number of amides is 1. The fraction of sp³-hybridized carbons (Fsp3) is 0.688. The Morgan fingerprint density at radius 1 is 1.39 bits per heavy atom. The molecular formula is C16H25N3O4. The molecule has 0 saturated carbocycles. The zero-order valence-electron chi connectivity index (χ0n) is 13.5. The zero-order chi connectivity index (χ0) is 16.1. The Balaban J connectivity index is 1.62. The van der Waals surface area contributed by atoms with Crippen LogP contribution in [0.1, 0.15) is 17.6 Å². The van der Waals surface area contributed by atoms with Crippen molar-refractivity contribution in [3.63, 3.8) is 0 Å². The first-order chi connectivity index (χ1) is 11.2. The van der Waals surface area contributed by atoms with Crippen molar-refractivity contribution < 1.29 is 18.7 Å². The molecule has 0 aromatic carbocycles. The minimum absolute atomic E-state index is 0.0214. The van der Waals surface area contributed by atoms with E-state index in [0.29, 0.717) is 32.9 Å². The standard InChI is InChI=1S/C16H25N3O4/c1-12-2-3-14(23-12)13(19-5-8-21-9-6-19)10-18-16(20)15-11-17-4-7-22-15/h2-3,13,15,17H,4-11H2,1H3,(H,18,20). The van der Waals surface area contributed by atoms with Gasteiger partial charge in [-0.2, -0.15) is 0 Å². The number of hydrogen-bond donors (Lipinski definition) is 2. The van der Waals surface area contributed by atoms with Crippen molar-refractivity contribution >= 4 is 5.91 Å². The van der Waals surface area contributed by atoms with E-state index >= 15 is 0 Å². The Bertz CT molecular complexity index is 507. The summed E-state index contributed by atoms with van der Waals surface area (Å²) in [5, 5.41) is 6.18. The van der Waals surface area contributed by atoms with Gasteiger partial charge in [-0.3, -0.25) is 9.69 Å². The first-order valence-electron chi connectivity index (χ1n) is 8.22. The van der Waals surface area contributed by atoms with Crippen molar-refractivity contribution in [3.8, 4) is 0 Å². The summed E-state index contributed by atoms with van der Waals surface area (Å²) in [6, 6.07) is 3.96. The summed E-state index contributed by atoms with van der Waals surface area (Å²) < 4.78 is 16.7. The van der Waals surface area contributed by atoms with Crippen LogP contribution in [-0.4, -0.2) is 69.5 Å². The van der Waals surface area contributed by atoms with Crippen molar-refractivity contribution in [1.29, 1.82) is 0 Å². The van der Waals surface area contributed by atoms with Gasteiger partial charge < -0.3 is 24.5 Å². The number of aryl methyl sites for hydroxylation is 1. The van der Waals surface area contributed by atoms with Gasteiger partial charge in [0.1, 0.15) is 17.6 Å². The Morgan fingerprint density at radius 3 is 2.87 bits per heavy atom. The molecule has 2 aliphatic rings. The lowest BCUT2D eigenvalue weighted by Crippen LogP contribution is -2.50. The van der Waals surface area contributed by atoms with Gasteiger partial charge in [0.25, 0.3) is 5.91 Å². The van der Waals surface area contributed by atoms with E-state index in [-0.39, 0.29) is 11.9 Å². The predicted octanol–water partition coefficient (Wildman–Crippen LogP) is 0.0659. The van der Waals surface area contributed by atoms with Crippen LogP contribution in [0.4, 0.5) is 0 Å². The van der Waals surface area contributed by atoms with Crippen molar-refractivity contribution in [3.05, 3.63) is 23.7 Å². The maximum absolute atomic E-state index is 12.3. The monoisotopic (exact) mass is 323 g/mol. The number of hydrogen-bond acceptors (Lipinski definition) is 6. The smallest absolute Gasteiger partial charge is 0.250 e. The van der Waals surface area contributed by atoms with E-state index in [1.807, 2.05) is 19.1 Å². The second kappa shape index (κ2) is 7.92. The molecule has 1 aromatic heterocycles. The highest BCUT2D eigenvalue weighted by atomic mass is 16.5. The highest BCUT2D eigenvalue weighted by molar-refractivity contribution is 5.81. The molecule has 2 saturated heterocycles. The molecular weight excluding hydrogens is 298 g/mol. The minimum Gasteiger partial charge on any atom is -0.465 e. The maximum Gasteiger partial charge on any atom is 0.250 e. The van der Waals surface area contributed by atoms with E-state index in [9.17, 15) is 4.79 Å². The molecule has 7 nitrogen and oxygen atoms in total. The van der Waals surface area contributed by atoms with Crippen molar-refractivity contribution in [2.45, 2.75) is 19.1 Å². The van der Waals surface area contributed by atoms with Gasteiger partial charge in [-0.05, 0) is 19.1 Å². The van der Waals surface area contributed by atoms with Crippen molar-refractivity contribution in [1.82, 2.24) is 15.5 Å². The van der Waals surface area contributed by atoms with Crippen LogP contribution in [0.25, 0.3) is 0 Å². The second-order valence-corrected chi connectivity index (χ2v) is 5.92. The molecule has 23 heavy (non-hydrogen) atoms. The Hall–Kier alpha value is -1.41. The van der Waals surface area contributed by atoms with Crippen LogP contribution in [0.3, 0.4) is 0 Å². The minimum atomic E-state index is -0.410. The highest BCUT2D eigenvalue weighted by Gasteiger charge is 2.28. The van der Waals surface area contributed by atoms with E-state index in [4.69, 9.17) is 13.9 Å². The summed E-state index contributed by atoms with van der Waals surface area (Å²) in [5.41, 5.74) is 0. The van der Waals surface area contributed by atoms with Gasteiger partial charge in [0.05, 0.1) is 25.9 Å². The van der Waals surface area contributed by atoms with Gasteiger partial charge >= 0.3 is 0 Å². The van der Waals surface area contributed by atoms with Gasteiger partial charge in [0, 0.05) is 32.7 Å². The van der Waals surface area contributed by atoms with Gasteiger partial charge in [-0.1, -0.05) is 0 Å².